The first-order valence-electron chi connectivity index (χ1n) is 8.72. The van der Waals surface area contributed by atoms with E-state index in [-0.39, 0.29) is 5.78 Å². The Kier molecular flexibility index (Phi) is 5.97. The number of rotatable bonds is 8. The Morgan fingerprint density at radius 1 is 0.759 bits per heavy atom. The number of ketones is 1. The Bertz CT molecular complexity index is 981. The minimum Gasteiger partial charge on any atom is -0.496 e. The smallest absolute Gasteiger partial charge is 0.203 e. The van der Waals surface area contributed by atoms with Crippen molar-refractivity contribution in [2.45, 2.75) is 0 Å². The Hall–Kier alpha value is -3.61. The molecular weight excluding hydrogens is 376 g/mol. The van der Waals surface area contributed by atoms with Crippen LogP contribution in [0, 0.1) is 0 Å². The molecule has 1 heterocycles. The van der Waals surface area contributed by atoms with Crippen LogP contribution in [0.25, 0.3) is 11.3 Å². The van der Waals surface area contributed by atoms with E-state index in [1.54, 1.807) is 49.8 Å². The van der Waals surface area contributed by atoms with Crippen molar-refractivity contribution in [3.8, 4) is 40.1 Å². The van der Waals surface area contributed by atoms with Gasteiger partial charge in [-0.3, -0.25) is 4.79 Å². The van der Waals surface area contributed by atoms with Crippen LogP contribution in [-0.4, -0.2) is 41.3 Å². The molecule has 29 heavy (non-hydrogen) atoms. The molecule has 3 aromatic rings. The largest absolute Gasteiger partial charge is 0.496 e. The zero-order valence-electron chi connectivity index (χ0n) is 16.9. The molecule has 0 saturated carbocycles. The molecule has 0 atom stereocenters. The molecule has 0 aliphatic heterocycles. The van der Waals surface area contributed by atoms with Crippen molar-refractivity contribution in [3.05, 3.63) is 53.8 Å². The van der Waals surface area contributed by atoms with E-state index in [2.05, 4.69) is 0 Å². The van der Waals surface area contributed by atoms with Crippen LogP contribution >= 0.6 is 0 Å². The van der Waals surface area contributed by atoms with E-state index in [0.717, 1.165) is 0 Å². The van der Waals surface area contributed by atoms with Gasteiger partial charge >= 0.3 is 0 Å². The zero-order valence-corrected chi connectivity index (χ0v) is 16.9. The van der Waals surface area contributed by atoms with Crippen LogP contribution in [0.5, 0.6) is 28.7 Å². The standard InChI is InChI=1S/C22H22O7/c1-24-17-12-18(25-2)15(11-14(17)16-7-6-8-29-16)21(23)13-9-19(26-3)22(28-5)20(10-13)27-4/h6-12H,1-5H3. The predicted octanol–water partition coefficient (Wildman–Crippen LogP) is 4.22. The quantitative estimate of drug-likeness (QED) is 0.526. The highest BCUT2D eigenvalue weighted by atomic mass is 16.5. The maximum atomic E-state index is 13.4. The second-order valence-electron chi connectivity index (χ2n) is 5.97. The van der Waals surface area contributed by atoms with Crippen molar-refractivity contribution in [1.82, 2.24) is 0 Å². The van der Waals surface area contributed by atoms with E-state index in [1.165, 1.54) is 28.4 Å². The first kappa shape index (κ1) is 20.1. The molecule has 0 fully saturated rings. The van der Waals surface area contributed by atoms with Crippen LogP contribution in [0.15, 0.2) is 47.1 Å². The summed E-state index contributed by atoms with van der Waals surface area (Å²) in [6.07, 6.45) is 1.56. The van der Waals surface area contributed by atoms with Crippen LogP contribution in [0.4, 0.5) is 0 Å². The molecule has 2 aromatic carbocycles. The van der Waals surface area contributed by atoms with E-state index in [4.69, 9.17) is 28.1 Å². The number of benzene rings is 2. The lowest BCUT2D eigenvalue weighted by molar-refractivity contribution is 0.103. The Balaban J connectivity index is 2.17. The monoisotopic (exact) mass is 398 g/mol. The maximum Gasteiger partial charge on any atom is 0.203 e. The molecule has 0 aliphatic carbocycles. The van der Waals surface area contributed by atoms with E-state index in [0.29, 0.717) is 51.2 Å². The molecule has 152 valence electrons. The normalized spacial score (nSPS) is 10.4. The van der Waals surface area contributed by atoms with Crippen LogP contribution in [0.2, 0.25) is 0 Å². The summed E-state index contributed by atoms with van der Waals surface area (Å²) in [5.41, 5.74) is 1.33. The molecular formula is C22H22O7. The average Bonchev–Trinajstić information content (AvgIpc) is 3.31. The summed E-state index contributed by atoms with van der Waals surface area (Å²) >= 11 is 0. The summed E-state index contributed by atoms with van der Waals surface area (Å²) in [5, 5.41) is 0. The van der Waals surface area contributed by atoms with Crippen molar-refractivity contribution in [1.29, 1.82) is 0 Å². The lowest BCUT2D eigenvalue weighted by atomic mass is 9.98. The number of furan rings is 1. The van der Waals surface area contributed by atoms with Crippen LogP contribution in [0.3, 0.4) is 0 Å². The molecule has 0 amide bonds. The van der Waals surface area contributed by atoms with Crippen LogP contribution in [0.1, 0.15) is 15.9 Å². The van der Waals surface area contributed by atoms with E-state index < -0.39 is 0 Å². The fraction of sp³-hybridized carbons (Fsp3) is 0.227. The van der Waals surface area contributed by atoms with Crippen LogP contribution < -0.4 is 23.7 Å². The highest BCUT2D eigenvalue weighted by Gasteiger charge is 2.23. The van der Waals surface area contributed by atoms with Gasteiger partial charge in [0.05, 0.1) is 52.9 Å². The fourth-order valence-electron chi connectivity index (χ4n) is 3.07. The van der Waals surface area contributed by atoms with Gasteiger partial charge in [0.15, 0.2) is 17.3 Å². The molecule has 0 saturated heterocycles. The van der Waals surface area contributed by atoms with Crippen molar-refractivity contribution in [3.63, 3.8) is 0 Å². The minimum atomic E-state index is -0.281. The SMILES string of the molecule is COc1cc(OC)c(-c2ccco2)cc1C(=O)c1cc(OC)c(OC)c(OC)c1. The minimum absolute atomic E-state index is 0.281. The second-order valence-corrected chi connectivity index (χ2v) is 5.97. The molecule has 0 unspecified atom stereocenters. The van der Waals surface area contributed by atoms with Crippen LogP contribution in [-0.2, 0) is 0 Å². The average molecular weight is 398 g/mol. The highest BCUT2D eigenvalue weighted by Crippen LogP contribution is 2.41. The van der Waals surface area contributed by atoms with E-state index >= 15 is 0 Å². The lowest BCUT2D eigenvalue weighted by Crippen LogP contribution is -2.07. The van der Waals surface area contributed by atoms with Gasteiger partial charge in [-0.05, 0) is 30.3 Å². The summed E-state index contributed by atoms with van der Waals surface area (Å²) in [4.78, 5) is 13.4. The van der Waals surface area contributed by atoms with Gasteiger partial charge < -0.3 is 28.1 Å². The number of methoxy groups -OCH3 is 5. The van der Waals surface area contributed by atoms with Gasteiger partial charge in [-0.25, -0.2) is 0 Å². The number of carbonyl (C=O) groups excluding carboxylic acids is 1. The van der Waals surface area contributed by atoms with Gasteiger partial charge in [0, 0.05) is 11.6 Å². The first-order chi connectivity index (χ1) is 14.1. The maximum absolute atomic E-state index is 13.4. The molecule has 0 aliphatic rings. The highest BCUT2D eigenvalue weighted by molar-refractivity contribution is 6.12. The zero-order chi connectivity index (χ0) is 21.0. The summed E-state index contributed by atoms with van der Waals surface area (Å²) in [6.45, 7) is 0. The third kappa shape index (κ3) is 3.71. The summed E-state index contributed by atoms with van der Waals surface area (Å²) in [5.74, 6) is 2.36. The second kappa shape index (κ2) is 8.60. The van der Waals surface area contributed by atoms with Gasteiger partial charge in [0.2, 0.25) is 5.75 Å². The molecule has 0 bridgehead atoms. The van der Waals surface area contributed by atoms with Gasteiger partial charge in [0.1, 0.15) is 17.3 Å². The first-order valence-corrected chi connectivity index (χ1v) is 8.72. The molecule has 7 nitrogen and oxygen atoms in total. The lowest BCUT2D eigenvalue weighted by Gasteiger charge is -2.16. The summed E-state index contributed by atoms with van der Waals surface area (Å²) in [7, 11) is 7.53. The Morgan fingerprint density at radius 2 is 1.38 bits per heavy atom. The molecule has 7 heteroatoms. The van der Waals surface area contributed by atoms with Crippen molar-refractivity contribution in [2.24, 2.45) is 0 Å². The third-order valence-electron chi connectivity index (χ3n) is 4.48. The third-order valence-corrected chi connectivity index (χ3v) is 4.48. The van der Waals surface area contributed by atoms with Gasteiger partial charge in [-0.1, -0.05) is 0 Å². The molecule has 0 spiro atoms. The van der Waals surface area contributed by atoms with Crippen molar-refractivity contribution >= 4 is 5.78 Å². The number of hydrogen-bond donors (Lipinski definition) is 0. The Morgan fingerprint density at radius 3 is 1.86 bits per heavy atom. The molecule has 1 aromatic heterocycles. The molecule has 0 radical (unpaired) electrons. The predicted molar refractivity (Wildman–Crippen MR) is 107 cm³/mol. The van der Waals surface area contributed by atoms with Crippen molar-refractivity contribution in [2.75, 3.05) is 35.5 Å². The fourth-order valence-corrected chi connectivity index (χ4v) is 3.07. The van der Waals surface area contributed by atoms with E-state index in [1.807, 2.05) is 0 Å². The van der Waals surface area contributed by atoms with Gasteiger partial charge in [-0.2, -0.15) is 0 Å². The van der Waals surface area contributed by atoms with E-state index in [9.17, 15) is 4.79 Å². The van der Waals surface area contributed by atoms with Gasteiger partial charge in [0.25, 0.3) is 0 Å². The van der Waals surface area contributed by atoms with Crippen molar-refractivity contribution < 1.29 is 32.9 Å². The summed E-state index contributed by atoms with van der Waals surface area (Å²) < 4.78 is 32.4. The topological polar surface area (TPSA) is 76.4 Å². The number of ether oxygens (including phenoxy) is 5. The molecule has 0 N–H and O–H groups in total. The number of hydrogen-bond acceptors (Lipinski definition) is 7. The number of carbonyl (C=O) groups is 1. The van der Waals surface area contributed by atoms with Gasteiger partial charge in [-0.15, -0.1) is 0 Å². The Labute approximate surface area is 168 Å². The molecule has 3 rings (SSSR count). The summed E-state index contributed by atoms with van der Waals surface area (Å²) in [6, 6.07) is 10.1.